The summed E-state index contributed by atoms with van der Waals surface area (Å²) in [6.45, 7) is 14.8. The molecule has 1 aromatic rings. The van der Waals surface area contributed by atoms with E-state index in [1.54, 1.807) is 11.3 Å². The lowest BCUT2D eigenvalue weighted by atomic mass is 9.32. The molecule has 0 aromatic carbocycles. The second kappa shape index (κ2) is 13.1. The molecule has 52 heavy (non-hydrogen) atoms. The van der Waals surface area contributed by atoms with Crippen molar-refractivity contribution < 1.29 is 29.3 Å². The summed E-state index contributed by atoms with van der Waals surface area (Å²) in [5.74, 6) is 1.66. The van der Waals surface area contributed by atoms with Gasteiger partial charge in [-0.1, -0.05) is 59.3 Å². The molecule has 2 bridgehead atoms. The SMILES string of the molecule is Cc1ccc(C(=O)C2=CC34C=CC25C(CCC2(C)C5CCC2(O)CN(CC2CCCO2)C(=O)OC2CC(C)CCC2C(C)C)C3(C)CCC(O)C4)s1. The van der Waals surface area contributed by atoms with Gasteiger partial charge in [0, 0.05) is 33.3 Å². The van der Waals surface area contributed by atoms with E-state index in [1.165, 1.54) is 6.42 Å². The van der Waals surface area contributed by atoms with Gasteiger partial charge in [-0.3, -0.25) is 4.79 Å². The van der Waals surface area contributed by atoms with Gasteiger partial charge in [-0.2, -0.15) is 0 Å². The van der Waals surface area contributed by atoms with Gasteiger partial charge in [0.25, 0.3) is 0 Å². The molecular weight excluding hydrogens is 671 g/mol. The second-order valence-corrected chi connectivity index (χ2v) is 20.6. The molecule has 5 fully saturated rings. The largest absolute Gasteiger partial charge is 0.446 e. The Morgan fingerprint density at radius 3 is 2.48 bits per heavy atom. The summed E-state index contributed by atoms with van der Waals surface area (Å²) in [4.78, 5) is 32.9. The highest BCUT2D eigenvalue weighted by Gasteiger charge is 2.74. The number of ether oxygens (including phenoxy) is 2. The third-order valence-electron chi connectivity index (χ3n) is 16.3. The summed E-state index contributed by atoms with van der Waals surface area (Å²) in [5.41, 5.74) is -1.76. The van der Waals surface area contributed by atoms with E-state index in [1.807, 2.05) is 17.0 Å². The summed E-state index contributed by atoms with van der Waals surface area (Å²) in [6.07, 6.45) is 16.6. The number of carbonyl (C=O) groups excluding carboxylic acids is 2. The van der Waals surface area contributed by atoms with Crippen LogP contribution < -0.4 is 0 Å². The van der Waals surface area contributed by atoms with Gasteiger partial charge in [-0.05, 0) is 125 Å². The molecule has 286 valence electrons. The van der Waals surface area contributed by atoms with Crippen LogP contribution in [0.4, 0.5) is 4.79 Å². The molecule has 9 rings (SSSR count). The van der Waals surface area contributed by atoms with Crippen molar-refractivity contribution >= 4 is 23.2 Å². The lowest BCUT2D eigenvalue weighted by molar-refractivity contribution is -0.176. The van der Waals surface area contributed by atoms with Crippen LogP contribution in [-0.2, 0) is 9.47 Å². The number of carbonyl (C=O) groups is 2. The van der Waals surface area contributed by atoms with Gasteiger partial charge in [0.2, 0.25) is 0 Å². The number of hydrogen-bond acceptors (Lipinski definition) is 7. The Morgan fingerprint density at radius 2 is 1.77 bits per heavy atom. The minimum atomic E-state index is -1.15. The van der Waals surface area contributed by atoms with E-state index in [0.29, 0.717) is 43.7 Å². The van der Waals surface area contributed by atoms with Crippen LogP contribution in [-0.4, -0.2) is 70.6 Å². The molecule has 2 heterocycles. The molecule has 1 aromatic heterocycles. The first-order chi connectivity index (χ1) is 24.6. The molecule has 8 heteroatoms. The van der Waals surface area contributed by atoms with E-state index < -0.39 is 16.4 Å². The van der Waals surface area contributed by atoms with Crippen molar-refractivity contribution in [2.75, 3.05) is 19.7 Å². The number of amides is 1. The van der Waals surface area contributed by atoms with Crippen molar-refractivity contribution in [1.82, 2.24) is 4.90 Å². The molecule has 7 aliphatic carbocycles. The van der Waals surface area contributed by atoms with E-state index in [2.05, 4.69) is 59.8 Å². The number of aryl methyl sites for hydroxylation is 1. The lowest BCUT2D eigenvalue weighted by Gasteiger charge is -2.71. The average molecular weight is 734 g/mol. The molecule has 1 saturated heterocycles. The third-order valence-corrected chi connectivity index (χ3v) is 17.3. The van der Waals surface area contributed by atoms with Crippen LogP contribution in [0, 0.1) is 58.2 Å². The molecule has 7 nitrogen and oxygen atoms in total. The molecule has 4 saturated carbocycles. The van der Waals surface area contributed by atoms with Crippen LogP contribution in [0.25, 0.3) is 0 Å². The molecule has 12 unspecified atom stereocenters. The third kappa shape index (κ3) is 5.49. The maximum Gasteiger partial charge on any atom is 0.410 e. The van der Waals surface area contributed by atoms with Gasteiger partial charge in [-0.15, -0.1) is 11.3 Å². The van der Waals surface area contributed by atoms with Crippen molar-refractivity contribution in [2.45, 2.75) is 143 Å². The van der Waals surface area contributed by atoms with Crippen molar-refractivity contribution in [3.05, 3.63) is 45.7 Å². The zero-order valence-electron chi connectivity index (χ0n) is 32.5. The second-order valence-electron chi connectivity index (χ2n) is 19.3. The quantitative estimate of drug-likeness (QED) is 0.205. The number of rotatable bonds is 8. The highest BCUT2D eigenvalue weighted by molar-refractivity contribution is 7.14. The summed E-state index contributed by atoms with van der Waals surface area (Å²) >= 11 is 1.56. The van der Waals surface area contributed by atoms with E-state index in [0.717, 1.165) is 73.1 Å². The topological polar surface area (TPSA) is 96.3 Å². The molecule has 8 aliphatic rings. The van der Waals surface area contributed by atoms with Gasteiger partial charge in [0.15, 0.2) is 5.78 Å². The van der Waals surface area contributed by atoms with Crippen molar-refractivity contribution in [2.24, 2.45) is 51.2 Å². The fourth-order valence-corrected chi connectivity index (χ4v) is 14.1. The summed E-state index contributed by atoms with van der Waals surface area (Å²) in [5, 5.41) is 24.2. The Labute approximate surface area is 315 Å². The van der Waals surface area contributed by atoms with E-state index in [4.69, 9.17) is 9.47 Å². The number of nitrogens with zero attached hydrogens (tertiary/aromatic N) is 1. The number of aliphatic hydroxyl groups excluding tert-OH is 1. The normalized spacial score (nSPS) is 44.9. The minimum Gasteiger partial charge on any atom is -0.446 e. The fourth-order valence-electron chi connectivity index (χ4n) is 13.3. The van der Waals surface area contributed by atoms with Crippen molar-refractivity contribution in [3.63, 3.8) is 0 Å². The Bertz CT molecular complexity index is 1630. The van der Waals surface area contributed by atoms with Gasteiger partial charge in [0.05, 0.1) is 35.8 Å². The smallest absolute Gasteiger partial charge is 0.410 e. The van der Waals surface area contributed by atoms with E-state index >= 15 is 0 Å². The number of hydrogen-bond donors (Lipinski definition) is 2. The van der Waals surface area contributed by atoms with E-state index in [9.17, 15) is 19.8 Å². The fraction of sp³-hybridized carbons (Fsp3) is 0.773. The molecule has 0 radical (unpaired) electrons. The summed E-state index contributed by atoms with van der Waals surface area (Å²) < 4.78 is 12.6. The predicted octanol–water partition coefficient (Wildman–Crippen LogP) is 8.91. The Morgan fingerprint density at radius 1 is 1.02 bits per heavy atom. The Kier molecular flexibility index (Phi) is 9.28. The molecule has 1 amide bonds. The summed E-state index contributed by atoms with van der Waals surface area (Å²) in [6, 6.07) is 4.02. The standard InChI is InChI=1S/C44H63NO6S/c1-27(2)32-11-9-28(3)22-34(32)51-39(48)45(25-31-8-7-21-50-31)26-43(49)18-15-37-41(43,6)17-14-36-40(5)16-13-30(46)23-42(40)19-20-44(36,37)33(24-42)38(47)35-12-10-29(4)52-35/h10,12,19-20,24,27-28,30-32,34,36-37,46,49H,7-9,11,13-18,21-23,25-26H2,1-6H3. The zero-order valence-corrected chi connectivity index (χ0v) is 33.3. The van der Waals surface area contributed by atoms with Crippen LogP contribution >= 0.6 is 11.3 Å². The molecular formula is C44H63NO6S. The first-order valence-electron chi connectivity index (χ1n) is 20.7. The predicted molar refractivity (Wildman–Crippen MR) is 204 cm³/mol. The maximum absolute atomic E-state index is 14.8. The van der Waals surface area contributed by atoms with Crippen molar-refractivity contribution in [3.8, 4) is 0 Å². The first kappa shape index (κ1) is 36.9. The van der Waals surface area contributed by atoms with Gasteiger partial charge >= 0.3 is 6.09 Å². The number of allylic oxidation sites excluding steroid dienone is 4. The number of fused-ring (bicyclic) bond motifs is 1. The highest BCUT2D eigenvalue weighted by Crippen LogP contribution is 2.78. The zero-order chi connectivity index (χ0) is 36.8. The number of aliphatic hydroxyl groups is 2. The maximum atomic E-state index is 14.8. The number of thiophene rings is 1. The van der Waals surface area contributed by atoms with Gasteiger partial charge < -0.3 is 24.6 Å². The summed E-state index contributed by atoms with van der Waals surface area (Å²) in [7, 11) is 0. The minimum absolute atomic E-state index is 0.0309. The Hall–Kier alpha value is -2.00. The molecule has 2 N–H and O–H groups in total. The lowest BCUT2D eigenvalue weighted by Crippen LogP contribution is -2.67. The van der Waals surface area contributed by atoms with E-state index in [-0.39, 0.29) is 59.4 Å². The number of ketones is 1. The van der Waals surface area contributed by atoms with Crippen LogP contribution in [0.2, 0.25) is 0 Å². The van der Waals surface area contributed by atoms with Crippen LogP contribution in [0.1, 0.15) is 126 Å². The highest BCUT2D eigenvalue weighted by atomic mass is 32.1. The first-order valence-corrected chi connectivity index (χ1v) is 21.5. The Balaban J connectivity index is 1.15. The molecule has 2 spiro atoms. The molecule has 1 aliphatic heterocycles. The van der Waals surface area contributed by atoms with Crippen LogP contribution in [0.5, 0.6) is 0 Å². The monoisotopic (exact) mass is 733 g/mol. The molecule has 12 atom stereocenters. The van der Waals surface area contributed by atoms with Gasteiger partial charge in [-0.25, -0.2) is 4.79 Å². The van der Waals surface area contributed by atoms with Gasteiger partial charge in [0.1, 0.15) is 6.10 Å². The average Bonchev–Trinajstić information content (AvgIpc) is 3.84. The van der Waals surface area contributed by atoms with Crippen molar-refractivity contribution in [1.29, 1.82) is 0 Å². The number of Topliss-reactive ketones (excluding diaryl/α,β-unsaturated/α-hetero) is 1. The van der Waals surface area contributed by atoms with Crippen LogP contribution in [0.15, 0.2) is 35.9 Å². The van der Waals surface area contributed by atoms with Crippen LogP contribution in [0.3, 0.4) is 0 Å².